The van der Waals surface area contributed by atoms with E-state index in [1.165, 1.54) is 36.1 Å². The highest BCUT2D eigenvalue weighted by molar-refractivity contribution is 7.89. The monoisotopic (exact) mass is 603 g/mol. The van der Waals surface area contributed by atoms with Crippen molar-refractivity contribution < 1.29 is 49.9 Å². The van der Waals surface area contributed by atoms with Gasteiger partial charge in [-0.1, -0.05) is 4.47 Å². The first-order valence-electron chi connectivity index (χ1n) is 12.2. The van der Waals surface area contributed by atoms with Crippen molar-refractivity contribution in [3.8, 4) is 0 Å². The Morgan fingerprint density at radius 1 is 1.07 bits per heavy atom. The van der Waals surface area contributed by atoms with Crippen molar-refractivity contribution in [2.75, 3.05) is 54.4 Å². The second kappa shape index (κ2) is 12.3. The number of amides is 3. The molecule has 2 N–H and O–H groups in total. The SMILES string of the molecule is CC(=O)Nc1ccc(S(=O)(=O)N2CCN(c3c(F)cc(N4CC(CNC(=O)C(F)F)OC4=O)cc3F)CCO2)cc1. The van der Waals surface area contributed by atoms with E-state index in [1.807, 2.05) is 5.32 Å². The van der Waals surface area contributed by atoms with Gasteiger partial charge in [0.05, 0.1) is 36.8 Å². The van der Waals surface area contributed by atoms with Gasteiger partial charge >= 0.3 is 12.5 Å². The Labute approximate surface area is 231 Å². The number of nitrogens with zero attached hydrogens (tertiary/aromatic N) is 3. The maximum absolute atomic E-state index is 15.2. The summed E-state index contributed by atoms with van der Waals surface area (Å²) in [6.07, 6.45) is -5.26. The number of hydrogen-bond acceptors (Lipinski definition) is 8. The molecule has 2 aromatic rings. The highest BCUT2D eigenvalue weighted by Crippen LogP contribution is 2.32. The topological polar surface area (TPSA) is 138 Å². The minimum absolute atomic E-state index is 0.0711. The molecule has 17 heteroatoms. The molecule has 2 fully saturated rings. The van der Waals surface area contributed by atoms with Crippen LogP contribution in [0.3, 0.4) is 0 Å². The first kappa shape index (κ1) is 30.0. The molecule has 12 nitrogen and oxygen atoms in total. The summed E-state index contributed by atoms with van der Waals surface area (Å²) in [6.45, 7) is -0.0829. The van der Waals surface area contributed by atoms with E-state index >= 15 is 8.78 Å². The van der Waals surface area contributed by atoms with E-state index in [1.54, 1.807) is 0 Å². The molecule has 0 saturated carbocycles. The first-order valence-corrected chi connectivity index (χ1v) is 13.6. The van der Waals surface area contributed by atoms with Crippen LogP contribution in [0, 0.1) is 11.6 Å². The summed E-state index contributed by atoms with van der Waals surface area (Å²) in [7, 11) is -4.14. The normalized spacial score (nSPS) is 18.3. The molecule has 2 heterocycles. The van der Waals surface area contributed by atoms with E-state index in [9.17, 15) is 31.6 Å². The fraction of sp³-hybridized carbons (Fsp3) is 0.375. The van der Waals surface area contributed by atoms with E-state index in [0.29, 0.717) is 5.69 Å². The summed E-state index contributed by atoms with van der Waals surface area (Å²) < 4.78 is 86.9. The van der Waals surface area contributed by atoms with Crippen LogP contribution >= 0.6 is 0 Å². The molecule has 41 heavy (non-hydrogen) atoms. The quantitative estimate of drug-likeness (QED) is 0.438. The first-order chi connectivity index (χ1) is 19.4. The lowest BCUT2D eigenvalue weighted by molar-refractivity contribution is -0.132. The Bertz CT molecular complexity index is 1400. The van der Waals surface area contributed by atoms with Crippen LogP contribution in [0.1, 0.15) is 6.92 Å². The number of carbonyl (C=O) groups excluding carboxylic acids is 3. The zero-order chi connectivity index (χ0) is 29.9. The second-order valence-corrected chi connectivity index (χ2v) is 10.8. The predicted octanol–water partition coefficient (Wildman–Crippen LogP) is 2.07. The smallest absolute Gasteiger partial charge is 0.414 e. The third-order valence-electron chi connectivity index (χ3n) is 6.10. The molecule has 0 bridgehead atoms. The Kier molecular flexibility index (Phi) is 8.98. The minimum Gasteiger partial charge on any atom is -0.442 e. The van der Waals surface area contributed by atoms with E-state index in [4.69, 9.17) is 9.57 Å². The van der Waals surface area contributed by atoms with Gasteiger partial charge in [0.15, 0.2) is 11.6 Å². The number of alkyl halides is 2. The van der Waals surface area contributed by atoms with Gasteiger partial charge in [0.25, 0.3) is 15.9 Å². The summed E-state index contributed by atoms with van der Waals surface area (Å²) in [4.78, 5) is 41.9. The van der Waals surface area contributed by atoms with Crippen molar-refractivity contribution in [2.45, 2.75) is 24.3 Å². The maximum Gasteiger partial charge on any atom is 0.414 e. The molecule has 222 valence electrons. The van der Waals surface area contributed by atoms with Gasteiger partial charge in [-0.25, -0.2) is 22.0 Å². The van der Waals surface area contributed by atoms with Crippen LogP contribution in [-0.4, -0.2) is 82.7 Å². The Hall–Kier alpha value is -3.96. The third kappa shape index (κ3) is 6.86. The van der Waals surface area contributed by atoms with Crippen LogP contribution in [-0.2, 0) is 29.2 Å². The van der Waals surface area contributed by atoms with Crippen molar-refractivity contribution in [2.24, 2.45) is 0 Å². The molecular weight excluding hydrogens is 578 g/mol. The number of sulfonamides is 1. The van der Waals surface area contributed by atoms with E-state index < -0.39 is 58.4 Å². The standard InChI is InChI=1S/C24H25F4N5O7S/c1-14(34)30-15-2-4-18(5-3-15)41(37,38)33-7-6-31(8-9-39-33)21-19(25)10-16(11-20(21)26)32-13-17(40-24(32)36)12-29-23(35)22(27)28/h2-5,10-11,17,22H,6-9,12-13H2,1H3,(H,29,35)(H,30,34). The lowest BCUT2D eigenvalue weighted by atomic mass is 10.2. The van der Waals surface area contributed by atoms with Crippen LogP contribution in [0.5, 0.6) is 0 Å². The van der Waals surface area contributed by atoms with Gasteiger partial charge in [-0.3, -0.25) is 19.3 Å². The molecule has 0 radical (unpaired) electrons. The summed E-state index contributed by atoms with van der Waals surface area (Å²) in [6, 6.07) is 7.15. The van der Waals surface area contributed by atoms with Crippen molar-refractivity contribution in [3.05, 3.63) is 48.0 Å². The molecule has 2 aromatic carbocycles. The van der Waals surface area contributed by atoms with Crippen LogP contribution in [0.15, 0.2) is 41.3 Å². The van der Waals surface area contributed by atoms with Gasteiger partial charge in [0, 0.05) is 37.8 Å². The number of rotatable bonds is 8. The molecule has 2 saturated heterocycles. The number of ether oxygens (including phenoxy) is 1. The molecule has 2 aliphatic heterocycles. The molecule has 1 atom stereocenters. The summed E-state index contributed by atoms with van der Waals surface area (Å²) >= 11 is 0. The fourth-order valence-electron chi connectivity index (χ4n) is 4.22. The molecular formula is C24H25F4N5O7S. The lowest BCUT2D eigenvalue weighted by Crippen LogP contribution is -2.37. The van der Waals surface area contributed by atoms with Crippen molar-refractivity contribution in [1.29, 1.82) is 0 Å². The molecule has 1 unspecified atom stereocenters. The van der Waals surface area contributed by atoms with Crippen LogP contribution in [0.25, 0.3) is 0 Å². The Balaban J connectivity index is 1.43. The van der Waals surface area contributed by atoms with E-state index in [-0.39, 0.29) is 49.3 Å². The van der Waals surface area contributed by atoms with Gasteiger partial charge < -0.3 is 20.3 Å². The molecule has 4 rings (SSSR count). The molecule has 0 spiro atoms. The van der Waals surface area contributed by atoms with E-state index in [2.05, 4.69) is 5.32 Å². The van der Waals surface area contributed by atoms with Gasteiger partial charge in [-0.2, -0.15) is 8.78 Å². The number of nitrogens with one attached hydrogen (secondary N) is 2. The Morgan fingerprint density at radius 3 is 2.34 bits per heavy atom. The number of cyclic esters (lactones) is 1. The Morgan fingerprint density at radius 2 is 1.73 bits per heavy atom. The van der Waals surface area contributed by atoms with Crippen LogP contribution in [0.4, 0.5) is 39.4 Å². The summed E-state index contributed by atoms with van der Waals surface area (Å²) in [5.74, 6) is -3.97. The number of hydrogen-bond donors (Lipinski definition) is 2. The maximum atomic E-state index is 15.2. The zero-order valence-electron chi connectivity index (χ0n) is 21.5. The predicted molar refractivity (Wildman–Crippen MR) is 136 cm³/mol. The number of carbonyl (C=O) groups is 3. The van der Waals surface area contributed by atoms with Crippen LogP contribution in [0.2, 0.25) is 0 Å². The van der Waals surface area contributed by atoms with Gasteiger partial charge in [0.1, 0.15) is 11.8 Å². The second-order valence-electron chi connectivity index (χ2n) is 8.98. The zero-order valence-corrected chi connectivity index (χ0v) is 22.3. The average Bonchev–Trinajstić information content (AvgIpc) is 3.10. The van der Waals surface area contributed by atoms with E-state index in [0.717, 1.165) is 21.5 Å². The highest BCUT2D eigenvalue weighted by atomic mass is 32.2. The minimum atomic E-state index is -4.14. The number of benzene rings is 2. The van der Waals surface area contributed by atoms with Crippen LogP contribution < -0.4 is 20.4 Å². The third-order valence-corrected chi connectivity index (χ3v) is 7.79. The fourth-order valence-corrected chi connectivity index (χ4v) is 5.47. The van der Waals surface area contributed by atoms with Crippen molar-refractivity contribution >= 4 is 45.0 Å². The van der Waals surface area contributed by atoms with Crippen molar-refractivity contribution in [1.82, 2.24) is 9.79 Å². The number of hydroxylamine groups is 1. The number of halogens is 4. The van der Waals surface area contributed by atoms with Gasteiger partial charge in [-0.15, -0.1) is 0 Å². The molecule has 3 amide bonds. The summed E-state index contributed by atoms with van der Waals surface area (Å²) in [5, 5.41) is 4.43. The number of anilines is 3. The average molecular weight is 604 g/mol. The molecule has 0 aliphatic carbocycles. The molecule has 0 aromatic heterocycles. The van der Waals surface area contributed by atoms with Gasteiger partial charge in [-0.05, 0) is 24.3 Å². The highest BCUT2D eigenvalue weighted by Gasteiger charge is 2.35. The molecule has 2 aliphatic rings. The van der Waals surface area contributed by atoms with Gasteiger partial charge in [0.2, 0.25) is 5.91 Å². The van der Waals surface area contributed by atoms with Crippen molar-refractivity contribution in [3.63, 3.8) is 0 Å². The largest absolute Gasteiger partial charge is 0.442 e. The lowest BCUT2D eigenvalue weighted by Gasteiger charge is -2.24. The summed E-state index contributed by atoms with van der Waals surface area (Å²) in [5.41, 5.74) is -0.274.